The normalized spacial score (nSPS) is 13.5. The summed E-state index contributed by atoms with van der Waals surface area (Å²) in [7, 11) is 0. The van der Waals surface area contributed by atoms with Gasteiger partial charge in [0, 0.05) is 44.3 Å². The molecule has 396 valence electrons. The van der Waals surface area contributed by atoms with E-state index in [0.29, 0.717) is 56.5 Å². The largest absolute Gasteiger partial charge is 0.454 e. The SMILES string of the molecule is FC(F)(F)c1ccc(N(c2ccc3c(c2)C2(c4cc(N(c5ccc(C(F)(F)F)cc5)c5cccc6c5oc5ccccc56)ccc4-3)c3ccccc3-c3c2cc2c4c(cccc34)-c3ccccc3-2)c2cccc3c2oc2ccccc23)cc1. The predicted molar refractivity (Wildman–Crippen MR) is 319 cm³/mol. The molecule has 12 aromatic carbocycles. The van der Waals surface area contributed by atoms with Crippen LogP contribution < -0.4 is 9.80 Å². The molecule has 10 heteroatoms. The van der Waals surface area contributed by atoms with Gasteiger partial charge in [0.25, 0.3) is 0 Å². The van der Waals surface area contributed by atoms with E-state index < -0.39 is 28.9 Å². The first kappa shape index (κ1) is 47.5. The third kappa shape index (κ3) is 6.60. The van der Waals surface area contributed by atoms with Crippen LogP contribution in [0.5, 0.6) is 0 Å². The van der Waals surface area contributed by atoms with Crippen molar-refractivity contribution >= 4 is 88.8 Å². The van der Waals surface area contributed by atoms with E-state index in [4.69, 9.17) is 8.83 Å². The van der Waals surface area contributed by atoms with Crippen molar-refractivity contribution in [2.75, 3.05) is 9.80 Å². The van der Waals surface area contributed by atoms with Crippen LogP contribution in [0.4, 0.5) is 60.5 Å². The van der Waals surface area contributed by atoms with Gasteiger partial charge in [0.1, 0.15) is 11.2 Å². The highest BCUT2D eigenvalue weighted by Crippen LogP contribution is 2.67. The number of para-hydroxylation sites is 4. The lowest BCUT2D eigenvalue weighted by Crippen LogP contribution is -2.26. The maximum atomic E-state index is 14.4. The van der Waals surface area contributed by atoms with Crippen LogP contribution in [0.1, 0.15) is 33.4 Å². The van der Waals surface area contributed by atoms with Crippen LogP contribution >= 0.6 is 0 Å². The first-order valence-electron chi connectivity index (χ1n) is 27.3. The molecule has 14 aromatic rings. The van der Waals surface area contributed by atoms with Crippen LogP contribution in [-0.2, 0) is 17.8 Å². The molecule has 0 fully saturated rings. The van der Waals surface area contributed by atoms with Crippen molar-refractivity contribution < 1.29 is 35.2 Å². The zero-order valence-electron chi connectivity index (χ0n) is 43.6. The Hall–Kier alpha value is -10.3. The number of benzene rings is 12. The molecule has 0 aliphatic heterocycles. The first-order chi connectivity index (χ1) is 40.4. The maximum Gasteiger partial charge on any atom is 0.416 e. The molecule has 83 heavy (non-hydrogen) atoms. The van der Waals surface area contributed by atoms with Gasteiger partial charge < -0.3 is 18.6 Å². The molecule has 0 saturated heterocycles. The van der Waals surface area contributed by atoms with Gasteiger partial charge in [-0.3, -0.25) is 0 Å². The standard InChI is InChI=1S/C73H40F6N2O2/c74-72(75,76)41-26-30-43(31-27-41)80(63-22-10-18-54-51-14-4-7-24-65(51)82-69(54)63)45-34-36-49-50-37-35-46(81(44-32-28-42(29-33-44)73(77,78)79)64-23-11-19-55-52-15-5-8-25-66(52)83-70(55)64)39-61(50)71(60(49)38-45)59-21-6-3-16-56(59)68-57-20-9-17-53-47-12-1-2-13-48(47)58(67(53)57)40-62(68)71/h1-40H. The lowest BCUT2D eigenvalue weighted by Gasteiger charge is -2.33. The highest BCUT2D eigenvalue weighted by molar-refractivity contribution is 6.21. The molecule has 0 saturated carbocycles. The summed E-state index contributed by atoms with van der Waals surface area (Å²) in [5, 5.41) is 5.78. The van der Waals surface area contributed by atoms with E-state index in [1.807, 2.05) is 107 Å². The van der Waals surface area contributed by atoms with Gasteiger partial charge in [0.15, 0.2) is 11.2 Å². The maximum absolute atomic E-state index is 14.4. The van der Waals surface area contributed by atoms with E-state index in [0.717, 1.165) is 118 Å². The molecule has 4 nitrogen and oxygen atoms in total. The van der Waals surface area contributed by atoms with Crippen LogP contribution in [0, 0.1) is 0 Å². The molecule has 0 radical (unpaired) electrons. The van der Waals surface area contributed by atoms with Gasteiger partial charge in [0.05, 0.1) is 27.9 Å². The topological polar surface area (TPSA) is 32.8 Å². The van der Waals surface area contributed by atoms with Crippen molar-refractivity contribution in [3.8, 4) is 44.5 Å². The zero-order chi connectivity index (χ0) is 55.7. The van der Waals surface area contributed by atoms with Crippen LogP contribution in [0.2, 0.25) is 0 Å². The number of hydrogen-bond donors (Lipinski definition) is 0. The van der Waals surface area contributed by atoms with Crippen molar-refractivity contribution in [2.24, 2.45) is 0 Å². The molecular weight excluding hydrogens is 1050 g/mol. The smallest absolute Gasteiger partial charge is 0.416 e. The van der Waals surface area contributed by atoms with E-state index in [1.165, 1.54) is 29.7 Å². The Balaban J connectivity index is 0.970. The zero-order valence-corrected chi connectivity index (χ0v) is 43.6. The molecule has 0 unspecified atom stereocenters. The lowest BCUT2D eigenvalue weighted by atomic mass is 9.70. The minimum Gasteiger partial charge on any atom is -0.454 e. The highest BCUT2D eigenvalue weighted by atomic mass is 19.4. The second-order valence-electron chi connectivity index (χ2n) is 21.6. The number of alkyl halides is 6. The van der Waals surface area contributed by atoms with E-state index in [2.05, 4.69) is 97.1 Å². The van der Waals surface area contributed by atoms with Gasteiger partial charge in [-0.05, 0) is 181 Å². The quantitative estimate of drug-likeness (QED) is 0.155. The van der Waals surface area contributed by atoms with Crippen molar-refractivity contribution in [3.05, 3.63) is 276 Å². The Labute approximate surface area is 469 Å². The van der Waals surface area contributed by atoms with Crippen LogP contribution in [0.3, 0.4) is 0 Å². The lowest BCUT2D eigenvalue weighted by molar-refractivity contribution is -0.138. The summed E-state index contributed by atoms with van der Waals surface area (Å²) in [6.45, 7) is 0. The summed E-state index contributed by atoms with van der Waals surface area (Å²) < 4.78 is 99.7. The average molecular weight is 1090 g/mol. The number of hydrogen-bond acceptors (Lipinski definition) is 4. The Morgan fingerprint density at radius 1 is 0.301 bits per heavy atom. The Morgan fingerprint density at radius 2 is 0.723 bits per heavy atom. The number of anilines is 6. The van der Waals surface area contributed by atoms with Crippen LogP contribution in [0.25, 0.3) is 99.2 Å². The summed E-state index contributed by atoms with van der Waals surface area (Å²) in [6.07, 6.45) is -9.13. The molecule has 0 atom stereocenters. The van der Waals surface area contributed by atoms with Crippen molar-refractivity contribution in [1.82, 2.24) is 0 Å². The molecule has 3 aliphatic rings. The number of halogens is 6. The van der Waals surface area contributed by atoms with Crippen molar-refractivity contribution in [3.63, 3.8) is 0 Å². The summed E-state index contributed by atoms with van der Waals surface area (Å²) in [5.74, 6) is 0. The van der Waals surface area contributed by atoms with Crippen LogP contribution in [-0.4, -0.2) is 0 Å². The fraction of sp³-hybridized carbons (Fsp3) is 0.0411. The number of furan rings is 2. The number of nitrogens with zero attached hydrogens (tertiary/aromatic N) is 2. The third-order valence-electron chi connectivity index (χ3n) is 17.4. The third-order valence-corrected chi connectivity index (χ3v) is 17.4. The van der Waals surface area contributed by atoms with Gasteiger partial charge >= 0.3 is 12.4 Å². The highest BCUT2D eigenvalue weighted by Gasteiger charge is 2.53. The van der Waals surface area contributed by atoms with Gasteiger partial charge in [-0.15, -0.1) is 0 Å². The molecule has 0 amide bonds. The molecule has 0 N–H and O–H groups in total. The molecule has 2 heterocycles. The number of rotatable bonds is 6. The average Bonchev–Trinajstić information content (AvgIpc) is 1.55. The van der Waals surface area contributed by atoms with Gasteiger partial charge in [-0.25, -0.2) is 0 Å². The van der Waals surface area contributed by atoms with Gasteiger partial charge in [-0.2, -0.15) is 26.3 Å². The second kappa shape index (κ2) is 16.9. The minimum absolute atomic E-state index is 0.486. The molecule has 2 aromatic heterocycles. The first-order valence-corrected chi connectivity index (χ1v) is 27.3. The summed E-state index contributed by atoms with van der Waals surface area (Å²) in [5.41, 5.74) is 16.0. The summed E-state index contributed by atoms with van der Waals surface area (Å²) >= 11 is 0. The van der Waals surface area contributed by atoms with Gasteiger partial charge in [0.2, 0.25) is 0 Å². The molecule has 17 rings (SSSR count). The molecular formula is C73H40F6N2O2. The van der Waals surface area contributed by atoms with Crippen molar-refractivity contribution in [1.29, 1.82) is 0 Å². The summed E-state index contributed by atoms with van der Waals surface area (Å²) in [6, 6.07) is 76.4. The molecule has 0 bridgehead atoms. The second-order valence-corrected chi connectivity index (χ2v) is 21.6. The molecule has 3 aliphatic carbocycles. The van der Waals surface area contributed by atoms with Gasteiger partial charge in [-0.1, -0.05) is 140 Å². The number of fused-ring (bicyclic) bond motifs is 20. The monoisotopic (exact) mass is 1090 g/mol. The Bertz CT molecular complexity index is 4860. The van der Waals surface area contributed by atoms with E-state index >= 15 is 0 Å². The van der Waals surface area contributed by atoms with E-state index in [9.17, 15) is 26.3 Å². The van der Waals surface area contributed by atoms with Crippen molar-refractivity contribution in [2.45, 2.75) is 17.8 Å². The Kier molecular flexibility index (Phi) is 9.65. The fourth-order valence-corrected chi connectivity index (χ4v) is 14.1. The van der Waals surface area contributed by atoms with Crippen LogP contribution in [0.15, 0.2) is 251 Å². The Morgan fingerprint density at radius 3 is 1.25 bits per heavy atom. The minimum atomic E-state index is -4.57. The summed E-state index contributed by atoms with van der Waals surface area (Å²) in [4.78, 5) is 3.97. The van der Waals surface area contributed by atoms with E-state index in [-0.39, 0.29) is 0 Å². The molecule has 1 spiro atoms. The fourth-order valence-electron chi connectivity index (χ4n) is 14.1. The van der Waals surface area contributed by atoms with E-state index in [1.54, 1.807) is 0 Å². The predicted octanol–water partition coefficient (Wildman–Crippen LogP) is 21.6.